The van der Waals surface area contributed by atoms with Gasteiger partial charge in [-0.2, -0.15) is 4.98 Å². The highest BCUT2D eigenvalue weighted by Crippen LogP contribution is 2.10. The van der Waals surface area contributed by atoms with Crippen LogP contribution in [0.5, 0.6) is 0 Å². The van der Waals surface area contributed by atoms with Crippen molar-refractivity contribution in [1.29, 1.82) is 0 Å². The molecule has 1 heterocycles. The largest absolute Gasteiger partial charge is 0.340 e. The van der Waals surface area contributed by atoms with Gasteiger partial charge in [0.2, 0.25) is 15.9 Å². The minimum absolute atomic E-state index is 0.207. The van der Waals surface area contributed by atoms with Gasteiger partial charge in [0.1, 0.15) is 0 Å². The molecule has 1 aromatic carbocycles. The van der Waals surface area contributed by atoms with Gasteiger partial charge < -0.3 is 10.3 Å². The van der Waals surface area contributed by atoms with Gasteiger partial charge in [0.25, 0.3) is 0 Å². The number of aromatic nitrogens is 2. The van der Waals surface area contributed by atoms with Crippen LogP contribution in [0.3, 0.4) is 0 Å². The molecule has 1 aromatic heterocycles. The quantitative estimate of drug-likeness (QED) is 0.796. The van der Waals surface area contributed by atoms with Crippen molar-refractivity contribution >= 4 is 10.0 Å². The summed E-state index contributed by atoms with van der Waals surface area (Å²) in [7, 11) is -3.53. The van der Waals surface area contributed by atoms with E-state index < -0.39 is 10.0 Å². The zero-order chi connectivity index (χ0) is 14.6. The Morgan fingerprint density at radius 1 is 1.30 bits per heavy atom. The van der Waals surface area contributed by atoms with Gasteiger partial charge in [0.05, 0.1) is 4.90 Å². The molecule has 0 aliphatic rings. The number of rotatable bonds is 6. The molecule has 0 spiro atoms. The van der Waals surface area contributed by atoms with Gasteiger partial charge in [-0.1, -0.05) is 17.3 Å². The first-order valence-corrected chi connectivity index (χ1v) is 7.57. The van der Waals surface area contributed by atoms with Gasteiger partial charge in [-0.15, -0.1) is 0 Å². The number of hydrogen-bond donors (Lipinski definition) is 2. The van der Waals surface area contributed by atoms with Crippen LogP contribution in [-0.4, -0.2) is 25.1 Å². The summed E-state index contributed by atoms with van der Waals surface area (Å²) in [5.74, 6) is 0.934. The molecule has 2 rings (SSSR count). The van der Waals surface area contributed by atoms with Crippen molar-refractivity contribution in [2.75, 3.05) is 6.54 Å². The standard InChI is InChI=1S/C12H16N4O3S/c1-9-15-12(16-19-9)6-7-14-20(17,18)11-4-2-10(8-13)3-5-11/h2-5,14H,6-8,13H2,1H3. The molecule has 20 heavy (non-hydrogen) atoms. The summed E-state index contributed by atoms with van der Waals surface area (Å²) >= 11 is 0. The highest BCUT2D eigenvalue weighted by molar-refractivity contribution is 7.89. The topological polar surface area (TPSA) is 111 Å². The van der Waals surface area contributed by atoms with E-state index >= 15 is 0 Å². The normalized spacial score (nSPS) is 11.7. The lowest BCUT2D eigenvalue weighted by molar-refractivity contribution is 0.387. The third-order valence-electron chi connectivity index (χ3n) is 2.68. The van der Waals surface area contributed by atoms with Crippen LogP contribution in [-0.2, 0) is 23.0 Å². The number of sulfonamides is 1. The highest BCUT2D eigenvalue weighted by atomic mass is 32.2. The predicted molar refractivity (Wildman–Crippen MR) is 72.3 cm³/mol. The van der Waals surface area contributed by atoms with Gasteiger partial charge in [0.15, 0.2) is 5.82 Å². The number of nitrogens with one attached hydrogen (secondary N) is 1. The summed E-state index contributed by atoms with van der Waals surface area (Å²) in [6.45, 7) is 2.27. The Balaban J connectivity index is 1.96. The Hall–Kier alpha value is -1.77. The summed E-state index contributed by atoms with van der Waals surface area (Å²) in [6, 6.07) is 6.44. The fourth-order valence-corrected chi connectivity index (χ4v) is 2.66. The zero-order valence-corrected chi connectivity index (χ0v) is 11.9. The molecule has 0 saturated carbocycles. The lowest BCUT2D eigenvalue weighted by Gasteiger charge is -2.06. The van der Waals surface area contributed by atoms with E-state index in [9.17, 15) is 8.42 Å². The molecule has 7 nitrogen and oxygen atoms in total. The van der Waals surface area contributed by atoms with Crippen LogP contribution >= 0.6 is 0 Å². The molecule has 0 unspecified atom stereocenters. The van der Waals surface area contributed by atoms with Crippen LogP contribution in [0.2, 0.25) is 0 Å². The third-order valence-corrected chi connectivity index (χ3v) is 4.16. The summed E-state index contributed by atoms with van der Waals surface area (Å²) in [5.41, 5.74) is 6.35. The van der Waals surface area contributed by atoms with Gasteiger partial charge in [0, 0.05) is 26.4 Å². The second kappa shape index (κ2) is 6.12. The van der Waals surface area contributed by atoms with E-state index in [2.05, 4.69) is 14.9 Å². The van der Waals surface area contributed by atoms with Crippen molar-refractivity contribution in [3.05, 3.63) is 41.5 Å². The fraction of sp³-hybridized carbons (Fsp3) is 0.333. The average molecular weight is 296 g/mol. The van der Waals surface area contributed by atoms with E-state index in [0.29, 0.717) is 24.7 Å². The minimum atomic E-state index is -3.53. The van der Waals surface area contributed by atoms with Crippen LogP contribution in [0.25, 0.3) is 0 Å². The van der Waals surface area contributed by atoms with Crippen molar-refractivity contribution in [1.82, 2.24) is 14.9 Å². The van der Waals surface area contributed by atoms with Crippen molar-refractivity contribution in [3.63, 3.8) is 0 Å². The minimum Gasteiger partial charge on any atom is -0.340 e. The predicted octanol–water partition coefficient (Wildman–Crippen LogP) is 0.358. The molecule has 0 radical (unpaired) electrons. The first-order chi connectivity index (χ1) is 9.51. The van der Waals surface area contributed by atoms with Gasteiger partial charge >= 0.3 is 0 Å². The van der Waals surface area contributed by atoms with Crippen LogP contribution in [0.1, 0.15) is 17.3 Å². The van der Waals surface area contributed by atoms with Gasteiger partial charge in [-0.05, 0) is 17.7 Å². The van der Waals surface area contributed by atoms with Crippen LogP contribution < -0.4 is 10.5 Å². The van der Waals surface area contributed by atoms with Crippen molar-refractivity contribution in [3.8, 4) is 0 Å². The van der Waals surface area contributed by atoms with E-state index in [1.165, 1.54) is 12.1 Å². The van der Waals surface area contributed by atoms with E-state index in [4.69, 9.17) is 10.3 Å². The molecular formula is C12H16N4O3S. The molecule has 0 saturated heterocycles. The van der Waals surface area contributed by atoms with Crippen LogP contribution in [0, 0.1) is 6.92 Å². The maximum absolute atomic E-state index is 12.0. The van der Waals surface area contributed by atoms with Gasteiger partial charge in [-0.25, -0.2) is 13.1 Å². The fourth-order valence-electron chi connectivity index (χ4n) is 1.63. The monoisotopic (exact) mass is 296 g/mol. The lowest BCUT2D eigenvalue weighted by atomic mass is 10.2. The average Bonchev–Trinajstić information content (AvgIpc) is 2.84. The molecular weight excluding hydrogens is 280 g/mol. The second-order valence-electron chi connectivity index (χ2n) is 4.23. The Labute approximate surface area is 117 Å². The smallest absolute Gasteiger partial charge is 0.240 e. The molecule has 108 valence electrons. The number of nitrogens with two attached hydrogens (primary N) is 1. The number of hydrogen-bond acceptors (Lipinski definition) is 6. The summed E-state index contributed by atoms with van der Waals surface area (Å²) in [6.07, 6.45) is 0.372. The van der Waals surface area contributed by atoms with Crippen LogP contribution in [0.4, 0.5) is 0 Å². The molecule has 0 fully saturated rings. The SMILES string of the molecule is Cc1nc(CCNS(=O)(=O)c2ccc(CN)cc2)no1. The maximum Gasteiger partial charge on any atom is 0.240 e. The summed E-state index contributed by atoms with van der Waals surface area (Å²) < 4.78 is 31.3. The number of benzene rings is 1. The molecule has 0 amide bonds. The van der Waals surface area contributed by atoms with E-state index in [-0.39, 0.29) is 11.4 Å². The zero-order valence-electron chi connectivity index (χ0n) is 11.0. The van der Waals surface area contributed by atoms with E-state index in [1.807, 2.05) is 0 Å². The second-order valence-corrected chi connectivity index (χ2v) is 5.99. The highest BCUT2D eigenvalue weighted by Gasteiger charge is 2.13. The van der Waals surface area contributed by atoms with Gasteiger partial charge in [-0.3, -0.25) is 0 Å². The molecule has 0 aliphatic heterocycles. The Kier molecular flexibility index (Phi) is 4.48. The van der Waals surface area contributed by atoms with Crippen molar-refractivity contribution in [2.45, 2.75) is 24.8 Å². The summed E-state index contributed by atoms with van der Waals surface area (Å²) in [5, 5.41) is 3.70. The molecule has 8 heteroatoms. The maximum atomic E-state index is 12.0. The number of nitrogens with zero attached hydrogens (tertiary/aromatic N) is 2. The molecule has 3 N–H and O–H groups in total. The Morgan fingerprint density at radius 3 is 2.55 bits per heavy atom. The summed E-state index contributed by atoms with van der Waals surface area (Å²) in [4.78, 5) is 4.21. The number of aryl methyl sites for hydroxylation is 1. The van der Waals surface area contributed by atoms with E-state index in [1.54, 1.807) is 19.1 Å². The third kappa shape index (κ3) is 3.62. The van der Waals surface area contributed by atoms with E-state index in [0.717, 1.165) is 5.56 Å². The van der Waals surface area contributed by atoms with Crippen LogP contribution in [0.15, 0.2) is 33.7 Å². The Bertz CT molecular complexity index is 664. The van der Waals surface area contributed by atoms with Crippen molar-refractivity contribution < 1.29 is 12.9 Å². The Morgan fingerprint density at radius 2 is 2.00 bits per heavy atom. The first kappa shape index (κ1) is 14.6. The lowest BCUT2D eigenvalue weighted by Crippen LogP contribution is -2.26. The molecule has 0 bridgehead atoms. The first-order valence-electron chi connectivity index (χ1n) is 6.09. The van der Waals surface area contributed by atoms with Crippen molar-refractivity contribution in [2.24, 2.45) is 5.73 Å². The molecule has 2 aromatic rings. The molecule has 0 atom stereocenters. The molecule has 0 aliphatic carbocycles.